The van der Waals surface area contributed by atoms with Crippen molar-refractivity contribution in [1.29, 1.82) is 0 Å². The number of hydrogen-bond acceptors (Lipinski definition) is 0. The number of hydrogen-bond donors (Lipinski definition) is 0. The third-order valence-electron chi connectivity index (χ3n) is 3.59. The highest BCUT2D eigenvalue weighted by Gasteiger charge is 2.22. The van der Waals surface area contributed by atoms with Crippen molar-refractivity contribution in [1.82, 2.24) is 0 Å². The topological polar surface area (TPSA) is 0 Å². The van der Waals surface area contributed by atoms with Gasteiger partial charge in [0, 0.05) is 5.56 Å². The molecule has 1 aromatic rings. The summed E-state index contributed by atoms with van der Waals surface area (Å²) in [6.07, 6.45) is 1.26. The molecule has 0 saturated carbocycles. The third-order valence-corrected chi connectivity index (χ3v) is 3.59. The lowest BCUT2D eigenvalue weighted by atomic mass is 10.2. The van der Waals surface area contributed by atoms with E-state index in [4.69, 9.17) is 0 Å². The number of likely N-dealkylation sites (N-methyl/N-ethyl adjacent to an activating group) is 2. The quantitative estimate of drug-likeness (QED) is 0.653. The van der Waals surface area contributed by atoms with Gasteiger partial charge in [-0.15, -0.1) is 0 Å². The van der Waals surface area contributed by atoms with Crippen LogP contribution in [0, 0.1) is 0 Å². The van der Waals surface area contributed by atoms with Crippen LogP contribution in [0.3, 0.4) is 0 Å². The van der Waals surface area contributed by atoms with Crippen LogP contribution in [0.25, 0.3) is 0 Å². The molecule has 0 aromatic heterocycles. The van der Waals surface area contributed by atoms with Crippen molar-refractivity contribution in [2.45, 2.75) is 19.9 Å². The van der Waals surface area contributed by atoms with Crippen LogP contribution in [0.1, 0.15) is 18.9 Å². The van der Waals surface area contributed by atoms with Crippen molar-refractivity contribution in [2.24, 2.45) is 0 Å². The Balaban J connectivity index is 2.50. The predicted octanol–water partition coefficient (Wildman–Crippen LogP) is 2.75. The molecule has 1 rings (SSSR count). The Morgan fingerprint density at radius 2 is 1.33 bits per heavy atom. The maximum Gasteiger partial charge on any atom is 0.128 e. The standard InChI is InChI=1S/C16H30N2/c1-6-12-17(2,3)13-14-18(4,5)15-16-10-8-7-9-11-16/h7-11H,6,12-15H2,1-5H3/q+2. The molecule has 0 aliphatic carbocycles. The molecule has 0 heterocycles. The van der Waals surface area contributed by atoms with Gasteiger partial charge < -0.3 is 8.97 Å². The molecular formula is C16H30N2+2. The van der Waals surface area contributed by atoms with E-state index in [1.807, 2.05) is 0 Å². The van der Waals surface area contributed by atoms with E-state index >= 15 is 0 Å². The van der Waals surface area contributed by atoms with Gasteiger partial charge in [-0.05, 0) is 6.42 Å². The first kappa shape index (κ1) is 15.2. The zero-order valence-electron chi connectivity index (χ0n) is 12.8. The lowest BCUT2D eigenvalue weighted by molar-refractivity contribution is -0.952. The van der Waals surface area contributed by atoms with E-state index in [-0.39, 0.29) is 0 Å². The van der Waals surface area contributed by atoms with Gasteiger partial charge in [0.2, 0.25) is 0 Å². The number of benzene rings is 1. The monoisotopic (exact) mass is 250 g/mol. The minimum absolute atomic E-state index is 1.06. The molecule has 0 amide bonds. The van der Waals surface area contributed by atoms with Crippen molar-refractivity contribution in [3.8, 4) is 0 Å². The molecule has 0 spiro atoms. The van der Waals surface area contributed by atoms with E-state index in [1.54, 1.807) is 0 Å². The summed E-state index contributed by atoms with van der Waals surface area (Å²) in [6.45, 7) is 7.12. The Morgan fingerprint density at radius 1 is 0.778 bits per heavy atom. The largest absolute Gasteiger partial charge is 0.324 e. The Labute approximate surface area is 113 Å². The van der Waals surface area contributed by atoms with Gasteiger partial charge in [0.25, 0.3) is 0 Å². The maximum absolute atomic E-state index is 2.34. The summed E-state index contributed by atoms with van der Waals surface area (Å²) in [5, 5.41) is 0. The first-order valence-corrected chi connectivity index (χ1v) is 7.03. The van der Waals surface area contributed by atoms with Gasteiger partial charge in [0.1, 0.15) is 19.6 Å². The summed E-state index contributed by atoms with van der Waals surface area (Å²) >= 11 is 0. The van der Waals surface area contributed by atoms with Crippen LogP contribution in [0.2, 0.25) is 0 Å². The molecule has 0 atom stereocenters. The summed E-state index contributed by atoms with van der Waals surface area (Å²) in [5.41, 5.74) is 1.43. The summed E-state index contributed by atoms with van der Waals surface area (Å²) in [5.74, 6) is 0. The highest BCUT2D eigenvalue weighted by molar-refractivity contribution is 5.13. The first-order valence-electron chi connectivity index (χ1n) is 7.03. The van der Waals surface area contributed by atoms with E-state index < -0.39 is 0 Å². The minimum Gasteiger partial charge on any atom is -0.324 e. The average molecular weight is 250 g/mol. The van der Waals surface area contributed by atoms with Gasteiger partial charge in [0.15, 0.2) is 0 Å². The van der Waals surface area contributed by atoms with Gasteiger partial charge >= 0.3 is 0 Å². The van der Waals surface area contributed by atoms with E-state index in [9.17, 15) is 0 Å². The van der Waals surface area contributed by atoms with E-state index in [1.165, 1.54) is 31.6 Å². The second-order valence-corrected chi connectivity index (χ2v) is 6.69. The molecule has 0 N–H and O–H groups in total. The van der Waals surface area contributed by atoms with Crippen molar-refractivity contribution in [3.05, 3.63) is 35.9 Å². The molecular weight excluding hydrogens is 220 g/mol. The molecule has 0 unspecified atom stereocenters. The predicted molar refractivity (Wildman–Crippen MR) is 79.3 cm³/mol. The van der Waals surface area contributed by atoms with Crippen molar-refractivity contribution < 1.29 is 8.97 Å². The second-order valence-electron chi connectivity index (χ2n) is 6.69. The van der Waals surface area contributed by atoms with Gasteiger partial charge in [-0.1, -0.05) is 37.3 Å². The van der Waals surface area contributed by atoms with Crippen LogP contribution >= 0.6 is 0 Å². The Kier molecular flexibility index (Phi) is 5.36. The van der Waals surface area contributed by atoms with Crippen molar-refractivity contribution in [3.63, 3.8) is 0 Å². The molecule has 2 heteroatoms. The van der Waals surface area contributed by atoms with Crippen molar-refractivity contribution in [2.75, 3.05) is 47.8 Å². The summed E-state index contributed by atoms with van der Waals surface area (Å²) in [7, 11) is 9.34. The SMILES string of the molecule is CCC[N+](C)(C)CC[N+](C)(C)Cc1ccccc1. The zero-order valence-corrected chi connectivity index (χ0v) is 12.8. The lowest BCUT2D eigenvalue weighted by Gasteiger charge is -2.35. The van der Waals surface area contributed by atoms with Crippen molar-refractivity contribution >= 4 is 0 Å². The molecule has 1 aromatic carbocycles. The lowest BCUT2D eigenvalue weighted by Crippen LogP contribution is -2.50. The van der Waals surface area contributed by atoms with Gasteiger partial charge in [-0.2, -0.15) is 0 Å². The molecule has 0 saturated heterocycles. The average Bonchev–Trinajstić information content (AvgIpc) is 2.28. The highest BCUT2D eigenvalue weighted by Crippen LogP contribution is 2.10. The Bertz CT molecular complexity index is 341. The smallest absolute Gasteiger partial charge is 0.128 e. The van der Waals surface area contributed by atoms with E-state index in [0.717, 1.165) is 15.5 Å². The fraction of sp³-hybridized carbons (Fsp3) is 0.625. The van der Waals surface area contributed by atoms with Gasteiger partial charge in [-0.3, -0.25) is 0 Å². The number of rotatable bonds is 7. The normalized spacial score (nSPS) is 12.7. The molecule has 102 valence electrons. The molecule has 0 aliphatic heterocycles. The summed E-state index contributed by atoms with van der Waals surface area (Å²) in [4.78, 5) is 0. The first-order chi connectivity index (χ1) is 8.35. The summed E-state index contributed by atoms with van der Waals surface area (Å²) in [6, 6.07) is 10.8. The molecule has 18 heavy (non-hydrogen) atoms. The maximum atomic E-state index is 2.34. The Morgan fingerprint density at radius 3 is 1.89 bits per heavy atom. The fourth-order valence-corrected chi connectivity index (χ4v) is 2.42. The number of quaternary nitrogens is 2. The molecule has 0 fully saturated rings. The zero-order chi connectivity index (χ0) is 13.6. The Hall–Kier alpha value is -0.860. The van der Waals surface area contributed by atoms with Crippen LogP contribution < -0.4 is 0 Å². The van der Waals surface area contributed by atoms with Crippen LogP contribution in [0.4, 0.5) is 0 Å². The molecule has 0 aliphatic rings. The van der Waals surface area contributed by atoms with Gasteiger partial charge in [0.05, 0.1) is 34.7 Å². The number of nitrogens with zero attached hydrogens (tertiary/aromatic N) is 2. The van der Waals surface area contributed by atoms with Crippen LogP contribution in [-0.4, -0.2) is 56.8 Å². The molecule has 2 nitrogen and oxygen atoms in total. The van der Waals surface area contributed by atoms with Crippen LogP contribution in [0.5, 0.6) is 0 Å². The van der Waals surface area contributed by atoms with Gasteiger partial charge in [-0.25, -0.2) is 0 Å². The minimum atomic E-state index is 1.06. The highest BCUT2D eigenvalue weighted by atomic mass is 15.4. The molecule has 0 bridgehead atoms. The summed E-state index contributed by atoms with van der Waals surface area (Å²) < 4.78 is 2.20. The molecule has 0 radical (unpaired) electrons. The second kappa shape index (κ2) is 6.35. The van der Waals surface area contributed by atoms with E-state index in [0.29, 0.717) is 0 Å². The van der Waals surface area contributed by atoms with Crippen LogP contribution in [0.15, 0.2) is 30.3 Å². The fourth-order valence-electron chi connectivity index (χ4n) is 2.42. The third kappa shape index (κ3) is 5.65. The van der Waals surface area contributed by atoms with E-state index in [2.05, 4.69) is 65.4 Å². The van der Waals surface area contributed by atoms with Crippen LogP contribution in [-0.2, 0) is 6.54 Å².